The molecule has 0 bridgehead atoms. The van der Waals surface area contributed by atoms with Crippen molar-refractivity contribution < 1.29 is 14.3 Å². The molecule has 1 aliphatic heterocycles. The maximum Gasteiger partial charge on any atom is 0.325 e. The van der Waals surface area contributed by atoms with Crippen LogP contribution in [-0.4, -0.2) is 29.1 Å². The summed E-state index contributed by atoms with van der Waals surface area (Å²) in [5, 5.41) is 9.52. The number of rotatable bonds is 5. The molecule has 0 aliphatic carbocycles. The first-order chi connectivity index (χ1) is 9.65. The predicted molar refractivity (Wildman–Crippen MR) is 76.2 cm³/mol. The van der Waals surface area contributed by atoms with Crippen LogP contribution in [0.1, 0.15) is 49.8 Å². The van der Waals surface area contributed by atoms with Crippen LogP contribution in [0.2, 0.25) is 0 Å². The van der Waals surface area contributed by atoms with E-state index in [0.717, 1.165) is 38.8 Å². The van der Waals surface area contributed by atoms with E-state index < -0.39 is 12.0 Å². The van der Waals surface area contributed by atoms with Crippen LogP contribution in [0.5, 0.6) is 0 Å². The lowest BCUT2D eigenvalue weighted by atomic mass is 9.97. The number of carboxylic acids is 1. The molecule has 0 aromatic heterocycles. The topological polar surface area (TPSA) is 40.5 Å². The fourth-order valence-electron chi connectivity index (χ4n) is 2.94. The Balaban J connectivity index is 2.33. The van der Waals surface area contributed by atoms with Gasteiger partial charge in [-0.25, -0.2) is 4.39 Å². The van der Waals surface area contributed by atoms with E-state index >= 15 is 0 Å². The minimum absolute atomic E-state index is 0.311. The molecule has 110 valence electrons. The standard InChI is InChI=1S/C16H22FNO2/c1-2-7-12-8-6-9-13(14(12)17)15(16(19)20)18-10-4-3-5-11-18/h6,8-9,15H,2-5,7,10-11H2,1H3,(H,19,20)/t15-/m1/s1. The lowest BCUT2D eigenvalue weighted by Gasteiger charge is -2.32. The summed E-state index contributed by atoms with van der Waals surface area (Å²) in [6.45, 7) is 3.45. The minimum Gasteiger partial charge on any atom is -0.480 e. The molecule has 2 rings (SSSR count). The molecule has 3 nitrogen and oxygen atoms in total. The lowest BCUT2D eigenvalue weighted by molar-refractivity contribution is -0.144. The Morgan fingerprint density at radius 3 is 2.65 bits per heavy atom. The average molecular weight is 279 g/mol. The van der Waals surface area contributed by atoms with Crippen molar-refractivity contribution in [1.29, 1.82) is 0 Å². The van der Waals surface area contributed by atoms with Crippen molar-refractivity contribution in [2.75, 3.05) is 13.1 Å². The van der Waals surface area contributed by atoms with E-state index in [9.17, 15) is 14.3 Å². The zero-order chi connectivity index (χ0) is 14.5. The summed E-state index contributed by atoms with van der Waals surface area (Å²) in [6.07, 6.45) is 4.59. The molecule has 0 saturated carbocycles. The van der Waals surface area contributed by atoms with Crippen LogP contribution in [-0.2, 0) is 11.2 Å². The van der Waals surface area contributed by atoms with Gasteiger partial charge in [0.05, 0.1) is 0 Å². The van der Waals surface area contributed by atoms with Crippen LogP contribution in [0.25, 0.3) is 0 Å². The van der Waals surface area contributed by atoms with Crippen LogP contribution in [0.15, 0.2) is 18.2 Å². The summed E-state index contributed by atoms with van der Waals surface area (Å²) in [5.74, 6) is -1.30. The molecule has 0 radical (unpaired) electrons. The normalized spacial score (nSPS) is 17.9. The number of carbonyl (C=O) groups is 1. The maximum atomic E-state index is 14.5. The maximum absolute atomic E-state index is 14.5. The number of piperidine rings is 1. The van der Waals surface area contributed by atoms with Gasteiger partial charge in [-0.1, -0.05) is 38.0 Å². The zero-order valence-corrected chi connectivity index (χ0v) is 11.9. The van der Waals surface area contributed by atoms with Gasteiger partial charge in [0.2, 0.25) is 0 Å². The van der Waals surface area contributed by atoms with Gasteiger partial charge in [-0.15, -0.1) is 0 Å². The van der Waals surface area contributed by atoms with Gasteiger partial charge in [0.25, 0.3) is 0 Å². The first-order valence-electron chi connectivity index (χ1n) is 7.39. The van der Waals surface area contributed by atoms with Crippen molar-refractivity contribution in [2.24, 2.45) is 0 Å². The fourth-order valence-corrected chi connectivity index (χ4v) is 2.94. The first kappa shape index (κ1) is 15.0. The fraction of sp³-hybridized carbons (Fsp3) is 0.562. The Hall–Kier alpha value is -1.42. The van der Waals surface area contributed by atoms with E-state index in [4.69, 9.17) is 0 Å². The molecule has 1 aliphatic rings. The molecular weight excluding hydrogens is 257 g/mol. The average Bonchev–Trinajstić information content (AvgIpc) is 2.44. The Morgan fingerprint density at radius 1 is 1.35 bits per heavy atom. The van der Waals surface area contributed by atoms with Crippen LogP contribution >= 0.6 is 0 Å². The molecule has 0 amide bonds. The number of halogens is 1. The van der Waals surface area contributed by atoms with Gasteiger partial charge in [0.1, 0.15) is 11.9 Å². The molecule has 4 heteroatoms. The SMILES string of the molecule is CCCc1cccc([C@H](C(=O)O)N2CCCCC2)c1F. The molecule has 1 fully saturated rings. The van der Waals surface area contributed by atoms with Gasteiger partial charge < -0.3 is 5.11 Å². The highest BCUT2D eigenvalue weighted by atomic mass is 19.1. The first-order valence-corrected chi connectivity index (χ1v) is 7.39. The summed E-state index contributed by atoms with van der Waals surface area (Å²) < 4.78 is 14.5. The number of hydrogen-bond donors (Lipinski definition) is 1. The number of carboxylic acid groups (broad SMARTS) is 1. The largest absolute Gasteiger partial charge is 0.480 e. The van der Waals surface area contributed by atoms with Gasteiger partial charge >= 0.3 is 5.97 Å². The number of aryl methyl sites for hydroxylation is 1. The van der Waals surface area contributed by atoms with Crippen molar-refractivity contribution in [2.45, 2.75) is 45.1 Å². The number of aliphatic carboxylic acids is 1. The van der Waals surface area contributed by atoms with Crippen molar-refractivity contribution >= 4 is 5.97 Å². The molecule has 0 unspecified atom stereocenters. The third-order valence-corrected chi connectivity index (χ3v) is 3.91. The Labute approximate surface area is 119 Å². The predicted octanol–water partition coefficient (Wildman–Crippen LogP) is 3.39. The minimum atomic E-state index is -0.959. The number of hydrogen-bond acceptors (Lipinski definition) is 2. The van der Waals surface area contributed by atoms with Crippen LogP contribution < -0.4 is 0 Å². The lowest BCUT2D eigenvalue weighted by Crippen LogP contribution is -2.38. The quantitative estimate of drug-likeness (QED) is 0.898. The smallest absolute Gasteiger partial charge is 0.325 e. The summed E-state index contributed by atoms with van der Waals surface area (Å²) in [6, 6.07) is 4.27. The summed E-state index contributed by atoms with van der Waals surface area (Å²) in [5.41, 5.74) is 0.929. The molecule has 20 heavy (non-hydrogen) atoms. The van der Waals surface area contributed by atoms with Crippen molar-refractivity contribution in [3.05, 3.63) is 35.1 Å². The highest BCUT2D eigenvalue weighted by Crippen LogP contribution is 2.28. The molecule has 1 saturated heterocycles. The van der Waals surface area contributed by atoms with Crippen LogP contribution in [0.4, 0.5) is 4.39 Å². The second kappa shape index (κ2) is 6.84. The van der Waals surface area contributed by atoms with Gasteiger partial charge in [-0.05, 0) is 37.9 Å². The molecule has 1 aromatic carbocycles. The highest BCUT2D eigenvalue weighted by Gasteiger charge is 2.31. The summed E-state index contributed by atoms with van der Waals surface area (Å²) >= 11 is 0. The van der Waals surface area contributed by atoms with E-state index in [2.05, 4.69) is 0 Å². The molecule has 1 aromatic rings. The monoisotopic (exact) mass is 279 g/mol. The van der Waals surface area contributed by atoms with Gasteiger partial charge in [0, 0.05) is 5.56 Å². The number of likely N-dealkylation sites (tertiary alicyclic amines) is 1. The molecule has 0 spiro atoms. The second-order valence-electron chi connectivity index (χ2n) is 5.41. The highest BCUT2D eigenvalue weighted by molar-refractivity contribution is 5.75. The molecule has 1 N–H and O–H groups in total. The number of nitrogens with zero attached hydrogens (tertiary/aromatic N) is 1. The Morgan fingerprint density at radius 2 is 2.05 bits per heavy atom. The van der Waals surface area contributed by atoms with E-state index in [1.807, 2.05) is 11.8 Å². The molecule has 1 heterocycles. The summed E-state index contributed by atoms with van der Waals surface area (Å²) in [4.78, 5) is 13.5. The molecule has 1 atom stereocenters. The zero-order valence-electron chi connectivity index (χ0n) is 11.9. The van der Waals surface area contributed by atoms with Crippen molar-refractivity contribution in [3.63, 3.8) is 0 Å². The van der Waals surface area contributed by atoms with Gasteiger partial charge in [-0.2, -0.15) is 0 Å². The second-order valence-corrected chi connectivity index (χ2v) is 5.41. The Bertz CT molecular complexity index is 470. The van der Waals surface area contributed by atoms with E-state index in [1.54, 1.807) is 18.2 Å². The van der Waals surface area contributed by atoms with E-state index in [1.165, 1.54) is 0 Å². The van der Waals surface area contributed by atoms with E-state index in [-0.39, 0.29) is 5.82 Å². The third-order valence-electron chi connectivity index (χ3n) is 3.91. The van der Waals surface area contributed by atoms with Crippen molar-refractivity contribution in [1.82, 2.24) is 4.90 Å². The molecular formula is C16H22FNO2. The Kier molecular flexibility index (Phi) is 5.12. The summed E-state index contributed by atoms with van der Waals surface area (Å²) in [7, 11) is 0. The van der Waals surface area contributed by atoms with Crippen LogP contribution in [0.3, 0.4) is 0 Å². The third kappa shape index (κ3) is 3.18. The number of benzene rings is 1. The van der Waals surface area contributed by atoms with Gasteiger partial charge in [0.15, 0.2) is 0 Å². The van der Waals surface area contributed by atoms with Crippen molar-refractivity contribution in [3.8, 4) is 0 Å². The van der Waals surface area contributed by atoms with E-state index in [0.29, 0.717) is 17.5 Å². The van der Waals surface area contributed by atoms with Crippen LogP contribution in [0, 0.1) is 5.82 Å². The van der Waals surface area contributed by atoms with Gasteiger partial charge in [-0.3, -0.25) is 9.69 Å².